The van der Waals surface area contributed by atoms with Crippen LogP contribution in [0.3, 0.4) is 0 Å². The zero-order chi connectivity index (χ0) is 7.56. The van der Waals surface area contributed by atoms with Gasteiger partial charge in [0.15, 0.2) is 0 Å². The molecule has 2 atom stereocenters. The van der Waals surface area contributed by atoms with Gasteiger partial charge in [-0.25, -0.2) is 0 Å². The van der Waals surface area contributed by atoms with E-state index in [4.69, 9.17) is 5.73 Å². The number of nitrogens with two attached hydrogens (primary N) is 1. The van der Waals surface area contributed by atoms with Crippen LogP contribution < -0.4 is 5.73 Å². The van der Waals surface area contributed by atoms with Crippen LogP contribution in [0.4, 0.5) is 0 Å². The fourth-order valence-corrected chi connectivity index (χ4v) is 1.48. The van der Waals surface area contributed by atoms with Crippen LogP contribution in [0.1, 0.15) is 6.42 Å². The number of thioether (sulfide) groups is 1. The molecule has 0 amide bonds. The molecule has 0 aromatic heterocycles. The smallest absolute Gasteiger partial charge is 0.0582 e. The highest BCUT2D eigenvalue weighted by atomic mass is 32.2. The molecule has 0 unspecified atom stereocenters. The van der Waals surface area contributed by atoms with E-state index in [1.807, 2.05) is 0 Å². The molecule has 10 heavy (non-hydrogen) atoms. The van der Waals surface area contributed by atoms with Crippen molar-refractivity contribution < 1.29 is 0 Å². The monoisotopic (exact) mass is 156 g/mol. The molecule has 1 aliphatic rings. The Labute approximate surface area is 65.6 Å². The average Bonchev–Trinajstić information content (AvgIpc) is 2.62. The van der Waals surface area contributed by atoms with Gasteiger partial charge in [0.2, 0.25) is 0 Å². The molecule has 56 valence electrons. The lowest BCUT2D eigenvalue weighted by Gasteiger charge is -1.95. The second-order valence-corrected chi connectivity index (χ2v) is 3.42. The first kappa shape index (κ1) is 7.82. The fraction of sp³-hybridized carbons (Fsp3) is 0.571. The predicted octanol–water partition coefficient (Wildman–Crippen LogP) is 1.24. The molecule has 0 saturated heterocycles. The number of rotatable bonds is 3. The molecule has 0 spiro atoms. The lowest BCUT2D eigenvalue weighted by Crippen LogP contribution is -2.01. The second kappa shape index (κ2) is 3.21. The molecule has 0 radical (unpaired) electrons. The molecule has 1 saturated carbocycles. The summed E-state index contributed by atoms with van der Waals surface area (Å²) in [6.45, 7) is 3.90. The maximum absolute atomic E-state index is 5.62. The van der Waals surface area contributed by atoms with E-state index in [9.17, 15) is 0 Å². The lowest BCUT2D eigenvalue weighted by molar-refractivity contribution is 0.968. The van der Waals surface area contributed by atoms with E-state index in [0.717, 1.165) is 11.3 Å². The average molecular weight is 156 g/mol. The zero-order valence-corrected chi connectivity index (χ0v) is 6.90. The summed E-state index contributed by atoms with van der Waals surface area (Å²) in [7, 11) is 1.76. The van der Waals surface area contributed by atoms with Gasteiger partial charge in [-0.1, -0.05) is 18.3 Å². The van der Waals surface area contributed by atoms with Gasteiger partial charge in [0.1, 0.15) is 0 Å². The number of nitrogens with zero attached hydrogens (tertiary/aromatic N) is 1. The van der Waals surface area contributed by atoms with Gasteiger partial charge >= 0.3 is 0 Å². The summed E-state index contributed by atoms with van der Waals surface area (Å²) in [6.07, 6.45) is 1.10. The minimum Gasteiger partial charge on any atom is -0.327 e. The molecule has 0 aromatic rings. The van der Waals surface area contributed by atoms with Crippen molar-refractivity contribution in [2.75, 3.05) is 7.05 Å². The van der Waals surface area contributed by atoms with Crippen LogP contribution in [0.2, 0.25) is 0 Å². The van der Waals surface area contributed by atoms with E-state index in [1.54, 1.807) is 24.4 Å². The minimum absolute atomic E-state index is 0.366. The summed E-state index contributed by atoms with van der Waals surface area (Å²) in [6, 6.07) is 0.366. The SMILES string of the molecule is C=C(SC=NC)[C@H]1C[C@@H]1N. The third-order valence-electron chi connectivity index (χ3n) is 1.56. The molecular formula is C7H12N2S. The summed E-state index contributed by atoms with van der Waals surface area (Å²) in [5, 5.41) is 0. The van der Waals surface area contributed by atoms with E-state index < -0.39 is 0 Å². The topological polar surface area (TPSA) is 38.4 Å². The van der Waals surface area contributed by atoms with Gasteiger partial charge in [0.25, 0.3) is 0 Å². The summed E-state index contributed by atoms with van der Waals surface area (Å²) < 4.78 is 0. The van der Waals surface area contributed by atoms with Crippen LogP contribution in [-0.2, 0) is 0 Å². The highest BCUT2D eigenvalue weighted by molar-refractivity contribution is 8.15. The molecule has 1 aliphatic carbocycles. The van der Waals surface area contributed by atoms with Crippen molar-refractivity contribution in [2.24, 2.45) is 16.6 Å². The Morgan fingerprint density at radius 1 is 1.90 bits per heavy atom. The third kappa shape index (κ3) is 1.85. The van der Waals surface area contributed by atoms with Crippen molar-refractivity contribution in [3.8, 4) is 0 Å². The predicted molar refractivity (Wildman–Crippen MR) is 47.2 cm³/mol. The number of hydrogen-bond donors (Lipinski definition) is 1. The van der Waals surface area contributed by atoms with E-state index in [0.29, 0.717) is 12.0 Å². The van der Waals surface area contributed by atoms with Crippen molar-refractivity contribution in [1.82, 2.24) is 0 Å². The van der Waals surface area contributed by atoms with E-state index >= 15 is 0 Å². The second-order valence-electron chi connectivity index (χ2n) is 2.45. The Balaban J connectivity index is 2.23. The Morgan fingerprint density at radius 3 is 2.90 bits per heavy atom. The molecule has 0 aliphatic heterocycles. The van der Waals surface area contributed by atoms with Crippen molar-refractivity contribution >= 4 is 17.3 Å². The summed E-state index contributed by atoms with van der Waals surface area (Å²) in [5.74, 6) is 0.544. The maximum atomic E-state index is 5.62. The Hall–Kier alpha value is -0.280. The van der Waals surface area contributed by atoms with Crippen LogP contribution in [0, 0.1) is 5.92 Å². The van der Waals surface area contributed by atoms with Gasteiger partial charge in [-0.05, 0) is 11.3 Å². The van der Waals surface area contributed by atoms with Crippen LogP contribution >= 0.6 is 11.8 Å². The Morgan fingerprint density at radius 2 is 2.50 bits per heavy atom. The molecular weight excluding hydrogens is 144 g/mol. The molecule has 0 aromatic carbocycles. The van der Waals surface area contributed by atoms with Crippen molar-refractivity contribution in [1.29, 1.82) is 0 Å². The summed E-state index contributed by atoms with van der Waals surface area (Å²) >= 11 is 1.58. The van der Waals surface area contributed by atoms with E-state index in [2.05, 4.69) is 11.6 Å². The first-order chi connectivity index (χ1) is 4.75. The standard InChI is InChI=1S/C7H12N2S/c1-5(10-4-9-2)6-3-7(6)8/h4,6-7H,1,3,8H2,2H3/t6-,7+/m1/s1. The lowest BCUT2D eigenvalue weighted by atomic mass is 10.4. The van der Waals surface area contributed by atoms with Gasteiger partial charge in [0, 0.05) is 19.0 Å². The third-order valence-corrected chi connectivity index (χ3v) is 2.48. The van der Waals surface area contributed by atoms with E-state index in [1.165, 1.54) is 0 Å². The molecule has 2 nitrogen and oxygen atoms in total. The van der Waals surface area contributed by atoms with Crippen LogP contribution in [0.5, 0.6) is 0 Å². The van der Waals surface area contributed by atoms with Gasteiger partial charge < -0.3 is 5.73 Å². The first-order valence-electron chi connectivity index (χ1n) is 3.27. The molecule has 1 rings (SSSR count). The first-order valence-corrected chi connectivity index (χ1v) is 4.15. The van der Waals surface area contributed by atoms with Gasteiger partial charge in [0.05, 0.1) is 5.55 Å². The highest BCUT2D eigenvalue weighted by Gasteiger charge is 2.35. The van der Waals surface area contributed by atoms with Crippen molar-refractivity contribution in [2.45, 2.75) is 12.5 Å². The zero-order valence-electron chi connectivity index (χ0n) is 6.08. The Bertz CT molecular complexity index is 165. The quantitative estimate of drug-likeness (QED) is 0.493. The van der Waals surface area contributed by atoms with Crippen LogP contribution in [-0.4, -0.2) is 18.6 Å². The van der Waals surface area contributed by atoms with Crippen LogP contribution in [0.25, 0.3) is 0 Å². The molecule has 1 fully saturated rings. The maximum Gasteiger partial charge on any atom is 0.0582 e. The molecule has 0 bridgehead atoms. The van der Waals surface area contributed by atoms with Gasteiger partial charge in [-0.3, -0.25) is 4.99 Å². The summed E-state index contributed by atoms with van der Waals surface area (Å²) in [4.78, 5) is 5.00. The van der Waals surface area contributed by atoms with Crippen molar-refractivity contribution in [3.63, 3.8) is 0 Å². The highest BCUT2D eigenvalue weighted by Crippen LogP contribution is 2.39. The molecule has 2 N–H and O–H groups in total. The summed E-state index contributed by atoms with van der Waals surface area (Å²) in [5.41, 5.74) is 7.42. The van der Waals surface area contributed by atoms with Crippen molar-refractivity contribution in [3.05, 3.63) is 11.5 Å². The van der Waals surface area contributed by atoms with Gasteiger partial charge in [-0.15, -0.1) is 0 Å². The fourth-order valence-electron chi connectivity index (χ4n) is 0.793. The number of hydrogen-bond acceptors (Lipinski definition) is 3. The Kier molecular flexibility index (Phi) is 2.51. The number of aliphatic imine (C=N–C) groups is 1. The van der Waals surface area contributed by atoms with Gasteiger partial charge in [-0.2, -0.15) is 0 Å². The van der Waals surface area contributed by atoms with E-state index in [-0.39, 0.29) is 0 Å². The molecule has 0 heterocycles. The largest absolute Gasteiger partial charge is 0.327 e. The van der Waals surface area contributed by atoms with Crippen LogP contribution in [0.15, 0.2) is 16.5 Å². The normalized spacial score (nSPS) is 31.0. The minimum atomic E-state index is 0.366. The molecule has 3 heteroatoms.